The van der Waals surface area contributed by atoms with Gasteiger partial charge in [-0.05, 0) is 38.5 Å². The number of unbranched alkanes of at least 4 members (excludes halogenated alkanes) is 3. The summed E-state index contributed by atoms with van der Waals surface area (Å²) in [5.41, 5.74) is 1.55. The van der Waals surface area contributed by atoms with E-state index in [1.165, 1.54) is 108 Å². The first-order valence-corrected chi connectivity index (χ1v) is 14.4. The monoisotopic (exact) mass is 444 g/mol. The Kier molecular flexibility index (Phi) is 16.1. The molecule has 0 spiro atoms. The normalized spacial score (nSPS) is 16.4. The van der Waals surface area contributed by atoms with E-state index >= 15 is 0 Å². The summed E-state index contributed by atoms with van der Waals surface area (Å²) >= 11 is 0. The van der Waals surface area contributed by atoms with Gasteiger partial charge in [0.2, 0.25) is 0 Å². The van der Waals surface area contributed by atoms with Gasteiger partial charge in [0.25, 0.3) is 0 Å². The highest BCUT2D eigenvalue weighted by atomic mass is 15.4. The molecule has 0 heterocycles. The van der Waals surface area contributed by atoms with Crippen LogP contribution in [0, 0.1) is 17.8 Å². The summed E-state index contributed by atoms with van der Waals surface area (Å²) in [6, 6.07) is 11.5. The van der Waals surface area contributed by atoms with Crippen LogP contribution >= 0.6 is 0 Å². The van der Waals surface area contributed by atoms with Crippen LogP contribution in [0.25, 0.3) is 0 Å². The maximum Gasteiger partial charge on any atom is 0.104 e. The van der Waals surface area contributed by atoms with E-state index < -0.39 is 0 Å². The van der Waals surface area contributed by atoms with Gasteiger partial charge in [-0.3, -0.25) is 0 Å². The number of quaternary nitrogens is 1. The van der Waals surface area contributed by atoms with Crippen molar-refractivity contribution in [1.29, 1.82) is 0 Å². The molecule has 0 saturated carbocycles. The van der Waals surface area contributed by atoms with Crippen molar-refractivity contribution < 1.29 is 4.48 Å². The third kappa shape index (κ3) is 11.4. The van der Waals surface area contributed by atoms with Crippen molar-refractivity contribution in [3.63, 3.8) is 0 Å². The van der Waals surface area contributed by atoms with Gasteiger partial charge in [0, 0.05) is 23.3 Å². The Bertz CT molecular complexity index is 491. The molecule has 186 valence electrons. The Hall–Kier alpha value is -0.820. The van der Waals surface area contributed by atoms with Crippen LogP contribution in [0.2, 0.25) is 0 Å². The van der Waals surface area contributed by atoms with E-state index in [0.717, 1.165) is 17.8 Å². The molecular formula is C31H58N+. The summed E-state index contributed by atoms with van der Waals surface area (Å²) in [5.74, 6) is 2.60. The fraction of sp³-hybridized carbons (Fsp3) is 0.806. The van der Waals surface area contributed by atoms with E-state index in [4.69, 9.17) is 0 Å². The molecule has 3 atom stereocenters. The van der Waals surface area contributed by atoms with Crippen molar-refractivity contribution in [2.75, 3.05) is 19.6 Å². The van der Waals surface area contributed by atoms with Gasteiger partial charge in [-0.1, -0.05) is 110 Å². The number of hydrogen-bond acceptors (Lipinski definition) is 0. The van der Waals surface area contributed by atoms with Crippen molar-refractivity contribution in [3.05, 3.63) is 35.9 Å². The SMILES string of the molecule is CCCCC(CC)C[N+](Cc1ccccc1)(CC(CC)CCCC)CC(CC)CCCC. The third-order valence-corrected chi connectivity index (χ3v) is 7.93. The molecule has 1 aromatic carbocycles. The fourth-order valence-electron chi connectivity index (χ4n) is 5.78. The van der Waals surface area contributed by atoms with Gasteiger partial charge in [-0.25, -0.2) is 0 Å². The first-order valence-electron chi connectivity index (χ1n) is 14.4. The standard InChI is InChI=1S/C31H58N/c1-7-13-19-28(10-4)24-32(25-29(11-5)20-14-8-2,26-30(12-6)21-15-9-3)27-31-22-17-16-18-23-31/h16-18,22-23,28-30H,7-15,19-21,24-27H2,1-6H3/q+1. The van der Waals surface area contributed by atoms with E-state index in [1.54, 1.807) is 5.56 Å². The van der Waals surface area contributed by atoms with E-state index in [9.17, 15) is 0 Å². The highest BCUT2D eigenvalue weighted by molar-refractivity contribution is 5.13. The van der Waals surface area contributed by atoms with Crippen LogP contribution in [0.4, 0.5) is 0 Å². The predicted molar refractivity (Wildman–Crippen MR) is 145 cm³/mol. The molecule has 1 heteroatoms. The molecule has 0 radical (unpaired) electrons. The second kappa shape index (κ2) is 17.6. The van der Waals surface area contributed by atoms with Gasteiger partial charge in [0.05, 0.1) is 19.6 Å². The number of benzene rings is 1. The maximum absolute atomic E-state index is 2.44. The summed E-state index contributed by atoms with van der Waals surface area (Å²) in [4.78, 5) is 0. The van der Waals surface area contributed by atoms with E-state index in [0.29, 0.717) is 0 Å². The average molecular weight is 445 g/mol. The molecule has 1 rings (SSSR count). The molecule has 0 aromatic heterocycles. The van der Waals surface area contributed by atoms with Crippen LogP contribution in [0.3, 0.4) is 0 Å². The molecule has 0 aliphatic rings. The Morgan fingerprint density at radius 3 is 1.25 bits per heavy atom. The third-order valence-electron chi connectivity index (χ3n) is 7.93. The molecule has 0 aliphatic heterocycles. The summed E-state index contributed by atoms with van der Waals surface area (Å²) in [6.45, 7) is 19.8. The maximum atomic E-state index is 2.44. The molecule has 0 saturated heterocycles. The molecule has 3 unspecified atom stereocenters. The van der Waals surface area contributed by atoms with Crippen molar-refractivity contribution in [2.24, 2.45) is 17.8 Å². The molecule has 0 bridgehead atoms. The van der Waals surface area contributed by atoms with Gasteiger partial charge in [-0.2, -0.15) is 0 Å². The van der Waals surface area contributed by atoms with Gasteiger partial charge in [-0.15, -0.1) is 0 Å². The molecule has 0 fully saturated rings. The molecule has 0 aliphatic carbocycles. The first-order chi connectivity index (χ1) is 15.6. The summed E-state index contributed by atoms with van der Waals surface area (Å²) in [7, 11) is 0. The van der Waals surface area contributed by atoms with Crippen molar-refractivity contribution in [3.8, 4) is 0 Å². The van der Waals surface area contributed by atoms with Crippen LogP contribution in [0.15, 0.2) is 30.3 Å². The van der Waals surface area contributed by atoms with Crippen molar-refractivity contribution in [2.45, 2.75) is 125 Å². The van der Waals surface area contributed by atoms with E-state index in [2.05, 4.69) is 71.9 Å². The molecule has 0 N–H and O–H groups in total. The number of rotatable bonds is 20. The Labute approximate surface area is 203 Å². The largest absolute Gasteiger partial charge is 0.319 e. The van der Waals surface area contributed by atoms with Crippen LogP contribution < -0.4 is 0 Å². The fourth-order valence-corrected chi connectivity index (χ4v) is 5.78. The van der Waals surface area contributed by atoms with Gasteiger partial charge in [0.15, 0.2) is 0 Å². The average Bonchev–Trinajstić information content (AvgIpc) is 2.82. The summed E-state index contributed by atoms with van der Waals surface area (Å²) < 4.78 is 1.33. The zero-order valence-electron chi connectivity index (χ0n) is 22.9. The summed E-state index contributed by atoms with van der Waals surface area (Å²) in [6.07, 6.45) is 16.4. The Balaban J connectivity index is 3.29. The number of hydrogen-bond donors (Lipinski definition) is 0. The summed E-state index contributed by atoms with van der Waals surface area (Å²) in [5, 5.41) is 0. The van der Waals surface area contributed by atoms with Gasteiger partial charge >= 0.3 is 0 Å². The van der Waals surface area contributed by atoms with Crippen LogP contribution in [0.1, 0.15) is 124 Å². The van der Waals surface area contributed by atoms with E-state index in [-0.39, 0.29) is 0 Å². The Morgan fingerprint density at radius 1 is 0.562 bits per heavy atom. The van der Waals surface area contributed by atoms with Gasteiger partial charge < -0.3 is 4.48 Å². The van der Waals surface area contributed by atoms with E-state index in [1.807, 2.05) is 0 Å². The zero-order chi connectivity index (χ0) is 23.7. The van der Waals surface area contributed by atoms with Crippen molar-refractivity contribution in [1.82, 2.24) is 0 Å². The zero-order valence-corrected chi connectivity index (χ0v) is 22.9. The minimum atomic E-state index is 0.867. The van der Waals surface area contributed by atoms with Crippen LogP contribution in [-0.4, -0.2) is 24.1 Å². The smallest absolute Gasteiger partial charge is 0.104 e. The second-order valence-electron chi connectivity index (χ2n) is 10.8. The first kappa shape index (κ1) is 29.2. The minimum Gasteiger partial charge on any atom is -0.319 e. The van der Waals surface area contributed by atoms with Crippen molar-refractivity contribution >= 4 is 0 Å². The molecule has 0 amide bonds. The van der Waals surface area contributed by atoms with Crippen LogP contribution in [-0.2, 0) is 6.54 Å². The number of nitrogens with zero attached hydrogens (tertiary/aromatic N) is 1. The lowest BCUT2D eigenvalue weighted by Gasteiger charge is -2.45. The second-order valence-corrected chi connectivity index (χ2v) is 10.8. The lowest BCUT2D eigenvalue weighted by atomic mass is 9.90. The molecule has 1 aromatic rings. The van der Waals surface area contributed by atoms with Gasteiger partial charge in [0.1, 0.15) is 6.54 Å². The molecule has 1 nitrogen and oxygen atoms in total. The lowest BCUT2D eigenvalue weighted by molar-refractivity contribution is -0.950. The Morgan fingerprint density at radius 2 is 0.938 bits per heavy atom. The molecule has 32 heavy (non-hydrogen) atoms. The topological polar surface area (TPSA) is 0 Å². The molecular weight excluding hydrogens is 386 g/mol. The quantitative estimate of drug-likeness (QED) is 0.176. The minimum absolute atomic E-state index is 0.867. The predicted octanol–water partition coefficient (Wildman–Crippen LogP) is 9.65. The highest BCUT2D eigenvalue weighted by Crippen LogP contribution is 2.30. The highest BCUT2D eigenvalue weighted by Gasteiger charge is 2.35. The van der Waals surface area contributed by atoms with Crippen LogP contribution in [0.5, 0.6) is 0 Å². The lowest BCUT2D eigenvalue weighted by Crippen LogP contribution is -2.55.